The highest BCUT2D eigenvalue weighted by atomic mass is 15.3. The monoisotopic (exact) mass is 369 g/mol. The summed E-state index contributed by atoms with van der Waals surface area (Å²) in [5, 5.41) is 0. The van der Waals surface area contributed by atoms with Crippen molar-refractivity contribution >= 4 is 0 Å². The molecule has 0 aromatic heterocycles. The average molecular weight is 370 g/mol. The van der Waals surface area contributed by atoms with E-state index in [1.54, 1.807) is 0 Å². The molecule has 0 aromatic rings. The number of quaternary nitrogens is 1. The van der Waals surface area contributed by atoms with E-state index < -0.39 is 0 Å². The zero-order valence-electron chi connectivity index (χ0n) is 19.7. The van der Waals surface area contributed by atoms with Gasteiger partial charge in [0.1, 0.15) is 0 Å². The number of nitrogens with zero attached hydrogens (tertiary/aromatic N) is 2. The first-order valence-corrected chi connectivity index (χ1v) is 11.8. The summed E-state index contributed by atoms with van der Waals surface area (Å²) in [4.78, 5) is 2.77. The Morgan fingerprint density at radius 3 is 1.65 bits per heavy atom. The Bertz CT molecular complexity index is 293. The van der Waals surface area contributed by atoms with Crippen molar-refractivity contribution in [2.75, 3.05) is 40.8 Å². The summed E-state index contributed by atoms with van der Waals surface area (Å²) in [5.41, 5.74) is 0. The summed E-state index contributed by atoms with van der Waals surface area (Å²) in [6.07, 6.45) is 17.0. The van der Waals surface area contributed by atoms with Gasteiger partial charge < -0.3 is 9.38 Å². The van der Waals surface area contributed by atoms with Gasteiger partial charge in [0.05, 0.1) is 27.7 Å². The van der Waals surface area contributed by atoms with E-state index in [1.165, 1.54) is 96.7 Å². The Balaban J connectivity index is 3.86. The first-order valence-electron chi connectivity index (χ1n) is 11.8. The van der Waals surface area contributed by atoms with Gasteiger partial charge in [-0.1, -0.05) is 78.6 Å². The molecular weight excluding hydrogens is 316 g/mol. The molecule has 158 valence electrons. The van der Waals surface area contributed by atoms with Crippen molar-refractivity contribution in [3.8, 4) is 0 Å². The molecule has 1 unspecified atom stereocenters. The highest BCUT2D eigenvalue weighted by molar-refractivity contribution is 4.69. The fourth-order valence-electron chi connectivity index (χ4n) is 3.81. The van der Waals surface area contributed by atoms with Crippen LogP contribution < -0.4 is 0 Å². The lowest BCUT2D eigenvalue weighted by Crippen LogP contribution is -2.39. The zero-order valence-corrected chi connectivity index (χ0v) is 19.7. The third kappa shape index (κ3) is 17.3. The fraction of sp³-hybridized carbons (Fsp3) is 1.00. The summed E-state index contributed by atoms with van der Waals surface area (Å²) >= 11 is 0. The van der Waals surface area contributed by atoms with Crippen LogP contribution in [0.4, 0.5) is 0 Å². The molecule has 2 nitrogen and oxygen atoms in total. The molecule has 0 N–H and O–H groups in total. The van der Waals surface area contributed by atoms with Crippen molar-refractivity contribution in [3.05, 3.63) is 0 Å². The van der Waals surface area contributed by atoms with Gasteiger partial charge in [0, 0.05) is 12.6 Å². The van der Waals surface area contributed by atoms with Crippen LogP contribution in [0.25, 0.3) is 0 Å². The van der Waals surface area contributed by atoms with E-state index in [1.807, 2.05) is 0 Å². The fourth-order valence-corrected chi connectivity index (χ4v) is 3.81. The van der Waals surface area contributed by atoms with Gasteiger partial charge in [-0.15, -0.1) is 0 Å². The van der Waals surface area contributed by atoms with Crippen molar-refractivity contribution in [2.45, 2.75) is 111 Å². The quantitative estimate of drug-likeness (QED) is 0.191. The molecule has 0 fully saturated rings. The molecule has 0 saturated carbocycles. The smallest absolute Gasteiger partial charge is 0.0781 e. The van der Waals surface area contributed by atoms with E-state index in [-0.39, 0.29) is 0 Å². The highest BCUT2D eigenvalue weighted by Crippen LogP contribution is 2.14. The molecule has 2 heteroatoms. The van der Waals surface area contributed by atoms with Crippen LogP contribution >= 0.6 is 0 Å². The van der Waals surface area contributed by atoms with E-state index in [0.717, 1.165) is 16.4 Å². The Hall–Kier alpha value is -0.0800. The molecule has 0 amide bonds. The van der Waals surface area contributed by atoms with Crippen molar-refractivity contribution in [1.29, 1.82) is 0 Å². The van der Waals surface area contributed by atoms with Gasteiger partial charge in [-0.3, -0.25) is 0 Å². The average Bonchev–Trinajstić information content (AvgIpc) is 2.53. The van der Waals surface area contributed by atoms with Crippen molar-refractivity contribution < 1.29 is 4.48 Å². The van der Waals surface area contributed by atoms with Crippen LogP contribution in [0.2, 0.25) is 0 Å². The second kappa shape index (κ2) is 15.9. The number of hydrogen-bond acceptors (Lipinski definition) is 1. The van der Waals surface area contributed by atoms with Crippen molar-refractivity contribution in [2.24, 2.45) is 5.92 Å². The maximum absolute atomic E-state index is 2.77. The van der Waals surface area contributed by atoms with E-state index in [4.69, 9.17) is 0 Å². The van der Waals surface area contributed by atoms with E-state index in [9.17, 15) is 0 Å². The Morgan fingerprint density at radius 2 is 1.19 bits per heavy atom. The molecule has 0 saturated heterocycles. The topological polar surface area (TPSA) is 3.24 Å². The first-order chi connectivity index (χ1) is 12.3. The molecule has 0 aliphatic carbocycles. The lowest BCUT2D eigenvalue weighted by atomic mass is 10.0. The molecule has 1 atom stereocenters. The van der Waals surface area contributed by atoms with Gasteiger partial charge in [0.2, 0.25) is 0 Å². The van der Waals surface area contributed by atoms with Gasteiger partial charge in [0.25, 0.3) is 0 Å². The maximum Gasteiger partial charge on any atom is 0.0781 e. The minimum Gasteiger partial charge on any atom is -0.331 e. The van der Waals surface area contributed by atoms with Gasteiger partial charge >= 0.3 is 0 Å². The molecule has 0 rings (SSSR count). The molecule has 0 heterocycles. The highest BCUT2D eigenvalue weighted by Gasteiger charge is 2.16. The lowest BCUT2D eigenvalue weighted by molar-refractivity contribution is -0.870. The summed E-state index contributed by atoms with van der Waals surface area (Å²) in [6.45, 7) is 13.3. The molecule has 26 heavy (non-hydrogen) atoms. The predicted molar refractivity (Wildman–Crippen MR) is 120 cm³/mol. The Kier molecular flexibility index (Phi) is 15.9. The first kappa shape index (κ1) is 25.9. The minimum atomic E-state index is 0.738. The third-order valence-electron chi connectivity index (χ3n) is 5.47. The van der Waals surface area contributed by atoms with Gasteiger partial charge in [-0.05, 0) is 38.6 Å². The summed E-state index contributed by atoms with van der Waals surface area (Å²) in [5.74, 6) is 0.777. The minimum absolute atomic E-state index is 0.738. The largest absolute Gasteiger partial charge is 0.331 e. The van der Waals surface area contributed by atoms with Crippen LogP contribution in [0.15, 0.2) is 0 Å². The van der Waals surface area contributed by atoms with Gasteiger partial charge in [0.15, 0.2) is 0 Å². The van der Waals surface area contributed by atoms with Crippen LogP contribution in [0.3, 0.4) is 0 Å². The number of unbranched alkanes of at least 4 members (excludes halogenated alkanes) is 9. The van der Waals surface area contributed by atoms with Crippen LogP contribution in [0.5, 0.6) is 0 Å². The van der Waals surface area contributed by atoms with Crippen molar-refractivity contribution in [1.82, 2.24) is 4.90 Å². The number of hydrogen-bond donors (Lipinski definition) is 0. The van der Waals surface area contributed by atoms with E-state index in [0.29, 0.717) is 0 Å². The van der Waals surface area contributed by atoms with Crippen LogP contribution in [-0.4, -0.2) is 56.2 Å². The molecule has 0 aliphatic rings. The van der Waals surface area contributed by atoms with E-state index in [2.05, 4.69) is 53.7 Å². The predicted octanol–water partition coefficient (Wildman–Crippen LogP) is 6.74. The molecule has 0 aliphatic heterocycles. The maximum atomic E-state index is 2.77. The Labute approximate surface area is 167 Å². The second-order valence-corrected chi connectivity index (χ2v) is 10.1. The standard InChI is InChI=1S/C24H53N2/c1-8-9-10-11-12-13-14-15-16-17-20-25(22-23(2)3)24(4)19-18-21-26(5,6)7/h23-24H,8-22H2,1-7H3/q+1. The zero-order chi connectivity index (χ0) is 19.8. The van der Waals surface area contributed by atoms with Gasteiger partial charge in [-0.2, -0.15) is 0 Å². The second-order valence-electron chi connectivity index (χ2n) is 10.1. The molecule has 0 spiro atoms. The summed E-state index contributed by atoms with van der Waals surface area (Å²) in [6, 6.07) is 0.738. The van der Waals surface area contributed by atoms with Crippen molar-refractivity contribution in [3.63, 3.8) is 0 Å². The van der Waals surface area contributed by atoms with E-state index >= 15 is 0 Å². The van der Waals surface area contributed by atoms with Crippen LogP contribution in [0.1, 0.15) is 105 Å². The Morgan fingerprint density at radius 1 is 0.692 bits per heavy atom. The molecular formula is C24H53N2+. The van der Waals surface area contributed by atoms with Crippen LogP contribution in [0, 0.1) is 5.92 Å². The SMILES string of the molecule is CCCCCCCCCCCCN(CC(C)C)C(C)CCC[N+](C)(C)C. The van der Waals surface area contributed by atoms with Crippen LogP contribution in [-0.2, 0) is 0 Å². The lowest BCUT2D eigenvalue weighted by Gasteiger charge is -2.32. The molecule has 0 aromatic carbocycles. The number of rotatable bonds is 18. The third-order valence-corrected chi connectivity index (χ3v) is 5.47. The summed E-state index contributed by atoms with van der Waals surface area (Å²) < 4.78 is 1.09. The summed E-state index contributed by atoms with van der Waals surface area (Å²) in [7, 11) is 6.92. The normalized spacial score (nSPS) is 13.7. The molecule has 0 radical (unpaired) electrons. The van der Waals surface area contributed by atoms with Gasteiger partial charge in [-0.25, -0.2) is 0 Å². The molecule has 0 bridgehead atoms.